The molecular weight excluding hydrogens is 308 g/mol. The summed E-state index contributed by atoms with van der Waals surface area (Å²) in [6.45, 7) is -0.247. The molecule has 1 aromatic carbocycles. The summed E-state index contributed by atoms with van der Waals surface area (Å²) in [5.74, 6) is -1.23. The lowest BCUT2D eigenvalue weighted by molar-refractivity contribution is 0.0696. The van der Waals surface area contributed by atoms with Gasteiger partial charge in [-0.05, 0) is 31.2 Å². The topological polar surface area (TPSA) is 94.9 Å². The summed E-state index contributed by atoms with van der Waals surface area (Å²) < 4.78 is 49.9. The number of carbonyl (C=O) groups is 1. The Morgan fingerprint density at radius 3 is 2.14 bits per heavy atom. The molecule has 0 bridgehead atoms. The van der Waals surface area contributed by atoms with Crippen LogP contribution in [0.2, 0.25) is 0 Å². The highest BCUT2D eigenvalue weighted by Crippen LogP contribution is 2.18. The van der Waals surface area contributed by atoms with Crippen molar-refractivity contribution in [2.75, 3.05) is 13.1 Å². The first-order valence-corrected chi connectivity index (χ1v) is 7.38. The zero-order valence-corrected chi connectivity index (χ0v) is 11.9. The molecule has 0 saturated carbocycles. The second-order valence-electron chi connectivity index (χ2n) is 4.39. The van der Waals surface area contributed by atoms with E-state index in [1.807, 2.05) is 0 Å². The highest BCUT2D eigenvalue weighted by atomic mass is 32.2. The molecule has 0 saturated heterocycles. The molecule has 1 atom stereocenters. The molecule has 1 rings (SSSR count). The Morgan fingerprint density at radius 2 is 1.76 bits per heavy atom. The Kier molecular flexibility index (Phi) is 5.76. The van der Waals surface area contributed by atoms with Crippen molar-refractivity contribution in [2.24, 2.45) is 0 Å². The predicted octanol–water partition coefficient (Wildman–Crippen LogP) is 1.02. The molecule has 0 aromatic heterocycles. The Hall–Kier alpha value is -1.58. The summed E-state index contributed by atoms with van der Waals surface area (Å²) in [7, 11) is -4.23. The van der Waals surface area contributed by atoms with E-state index in [9.17, 15) is 27.1 Å². The van der Waals surface area contributed by atoms with Gasteiger partial charge in [-0.2, -0.15) is 4.31 Å². The van der Waals surface area contributed by atoms with Gasteiger partial charge in [0.25, 0.3) is 6.43 Å². The number of aromatic carboxylic acids is 1. The van der Waals surface area contributed by atoms with E-state index in [-0.39, 0.29) is 10.5 Å². The highest BCUT2D eigenvalue weighted by molar-refractivity contribution is 7.89. The number of aliphatic hydroxyl groups is 1. The molecule has 0 aliphatic heterocycles. The fourth-order valence-corrected chi connectivity index (χ4v) is 3.14. The number of aliphatic hydroxyl groups excluding tert-OH is 1. The molecule has 21 heavy (non-hydrogen) atoms. The lowest BCUT2D eigenvalue weighted by Crippen LogP contribution is -2.39. The molecule has 0 aliphatic rings. The van der Waals surface area contributed by atoms with Crippen LogP contribution in [0.5, 0.6) is 0 Å². The maximum Gasteiger partial charge on any atom is 0.335 e. The van der Waals surface area contributed by atoms with Gasteiger partial charge in [0, 0.05) is 6.54 Å². The second kappa shape index (κ2) is 6.92. The van der Waals surface area contributed by atoms with Crippen molar-refractivity contribution in [3.05, 3.63) is 29.8 Å². The molecule has 0 spiro atoms. The largest absolute Gasteiger partial charge is 0.478 e. The molecule has 0 fully saturated rings. The van der Waals surface area contributed by atoms with Crippen molar-refractivity contribution >= 4 is 16.0 Å². The average Bonchev–Trinajstić information content (AvgIpc) is 2.37. The maximum absolute atomic E-state index is 12.5. The monoisotopic (exact) mass is 323 g/mol. The summed E-state index contributed by atoms with van der Waals surface area (Å²) in [4.78, 5) is 10.4. The minimum Gasteiger partial charge on any atom is -0.478 e. The number of hydrogen-bond donors (Lipinski definition) is 2. The number of carboxylic acid groups (broad SMARTS) is 1. The Balaban J connectivity index is 3.12. The van der Waals surface area contributed by atoms with Crippen LogP contribution in [0.15, 0.2) is 29.2 Å². The van der Waals surface area contributed by atoms with Crippen molar-refractivity contribution in [3.63, 3.8) is 0 Å². The fourth-order valence-electron chi connectivity index (χ4n) is 1.64. The minimum absolute atomic E-state index is 0.120. The first-order valence-electron chi connectivity index (χ1n) is 5.94. The molecule has 0 aliphatic carbocycles. The Bertz CT molecular complexity index is 576. The van der Waals surface area contributed by atoms with Gasteiger partial charge < -0.3 is 10.2 Å². The zero-order chi connectivity index (χ0) is 16.2. The third-order valence-electron chi connectivity index (χ3n) is 2.55. The number of sulfonamides is 1. The first kappa shape index (κ1) is 17.5. The van der Waals surface area contributed by atoms with Crippen LogP contribution in [-0.4, -0.2) is 54.5 Å². The first-order chi connectivity index (χ1) is 9.64. The zero-order valence-electron chi connectivity index (χ0n) is 11.1. The number of nitrogens with zero attached hydrogens (tertiary/aromatic N) is 1. The van der Waals surface area contributed by atoms with Gasteiger partial charge in [0.15, 0.2) is 0 Å². The van der Waals surface area contributed by atoms with Crippen molar-refractivity contribution < 1.29 is 32.2 Å². The van der Waals surface area contributed by atoms with Crippen molar-refractivity contribution in [2.45, 2.75) is 24.3 Å². The second-order valence-corrected chi connectivity index (χ2v) is 6.33. The minimum atomic E-state index is -4.23. The predicted molar refractivity (Wildman–Crippen MR) is 69.8 cm³/mol. The van der Waals surface area contributed by atoms with Crippen LogP contribution in [0.3, 0.4) is 0 Å². The summed E-state index contributed by atoms with van der Waals surface area (Å²) in [5.41, 5.74) is -0.120. The van der Waals surface area contributed by atoms with E-state index in [1.54, 1.807) is 0 Å². The third-order valence-corrected chi connectivity index (χ3v) is 4.39. The molecule has 2 N–H and O–H groups in total. The van der Waals surface area contributed by atoms with Gasteiger partial charge in [0.1, 0.15) is 0 Å². The number of halogens is 2. The number of alkyl halides is 2. The lowest BCUT2D eigenvalue weighted by atomic mass is 10.2. The molecule has 0 amide bonds. The van der Waals surface area contributed by atoms with Gasteiger partial charge in [0.2, 0.25) is 10.0 Å². The summed E-state index contributed by atoms with van der Waals surface area (Å²) >= 11 is 0. The van der Waals surface area contributed by atoms with Crippen LogP contribution in [0.4, 0.5) is 8.78 Å². The summed E-state index contributed by atoms with van der Waals surface area (Å²) in [6, 6.07) is 4.19. The highest BCUT2D eigenvalue weighted by Gasteiger charge is 2.28. The van der Waals surface area contributed by atoms with Crippen molar-refractivity contribution in [1.29, 1.82) is 0 Å². The molecule has 1 unspecified atom stereocenters. The van der Waals surface area contributed by atoms with Gasteiger partial charge in [-0.25, -0.2) is 22.0 Å². The molecule has 9 heteroatoms. The van der Waals surface area contributed by atoms with E-state index in [2.05, 4.69) is 0 Å². The fraction of sp³-hybridized carbons (Fsp3) is 0.417. The third kappa shape index (κ3) is 4.73. The smallest absolute Gasteiger partial charge is 0.335 e. The normalized spacial score (nSPS) is 13.6. The number of carboxylic acids is 1. The standard InChI is InChI=1S/C12H15F2NO5S/c1-8(16)6-15(7-11(13)14)21(19,20)10-4-2-9(3-5-10)12(17)18/h2-5,8,11,16H,6-7H2,1H3,(H,17,18). The van der Waals surface area contributed by atoms with Gasteiger partial charge in [-0.15, -0.1) is 0 Å². The van der Waals surface area contributed by atoms with Gasteiger partial charge in [0.05, 0.1) is 23.1 Å². The van der Waals surface area contributed by atoms with Crippen LogP contribution < -0.4 is 0 Å². The Morgan fingerprint density at radius 1 is 1.24 bits per heavy atom. The Labute approximate surface area is 120 Å². The van der Waals surface area contributed by atoms with E-state index >= 15 is 0 Å². The molecule has 0 heterocycles. The molecule has 1 aromatic rings. The van der Waals surface area contributed by atoms with E-state index < -0.39 is 41.6 Å². The van der Waals surface area contributed by atoms with E-state index in [1.165, 1.54) is 6.92 Å². The van der Waals surface area contributed by atoms with Crippen LogP contribution in [-0.2, 0) is 10.0 Å². The molecule has 0 radical (unpaired) electrons. The summed E-state index contributed by atoms with van der Waals surface area (Å²) in [5, 5.41) is 18.0. The maximum atomic E-state index is 12.5. The van der Waals surface area contributed by atoms with Gasteiger partial charge in [-0.1, -0.05) is 0 Å². The van der Waals surface area contributed by atoms with Crippen LogP contribution >= 0.6 is 0 Å². The van der Waals surface area contributed by atoms with E-state index in [0.29, 0.717) is 4.31 Å². The molecule has 118 valence electrons. The van der Waals surface area contributed by atoms with Gasteiger partial charge >= 0.3 is 5.97 Å². The average molecular weight is 323 g/mol. The quantitative estimate of drug-likeness (QED) is 0.781. The van der Waals surface area contributed by atoms with Crippen LogP contribution in [0.25, 0.3) is 0 Å². The van der Waals surface area contributed by atoms with Crippen LogP contribution in [0, 0.1) is 0 Å². The van der Waals surface area contributed by atoms with Gasteiger partial charge in [-0.3, -0.25) is 0 Å². The molecule has 6 nitrogen and oxygen atoms in total. The van der Waals surface area contributed by atoms with Crippen molar-refractivity contribution in [1.82, 2.24) is 4.31 Å². The van der Waals surface area contributed by atoms with Crippen molar-refractivity contribution in [3.8, 4) is 0 Å². The summed E-state index contributed by atoms with van der Waals surface area (Å²) in [6.07, 6.45) is -4.01. The number of hydrogen-bond acceptors (Lipinski definition) is 4. The number of benzene rings is 1. The SMILES string of the molecule is CC(O)CN(CC(F)F)S(=O)(=O)c1ccc(C(=O)O)cc1. The van der Waals surface area contributed by atoms with Crippen LogP contribution in [0.1, 0.15) is 17.3 Å². The lowest BCUT2D eigenvalue weighted by Gasteiger charge is -2.23. The van der Waals surface area contributed by atoms with E-state index in [4.69, 9.17) is 5.11 Å². The van der Waals surface area contributed by atoms with E-state index in [0.717, 1.165) is 24.3 Å². The number of rotatable bonds is 7. The molecular formula is C12H15F2NO5S.